The quantitative estimate of drug-likeness (QED) is 0.259. The Kier molecular flexibility index (Phi) is 8.16. The molecular weight excluding hydrogens is 511 g/mol. The average molecular weight is 537 g/mol. The molecule has 4 rings (SSSR count). The molecule has 0 bridgehead atoms. The van der Waals surface area contributed by atoms with E-state index in [-0.39, 0.29) is 17.3 Å². The van der Waals surface area contributed by atoms with Crippen LogP contribution in [0.1, 0.15) is 29.8 Å². The molecule has 4 aromatic rings. The Bertz CT molecular complexity index is 1480. The lowest BCUT2D eigenvalue weighted by Gasteiger charge is -2.15. The summed E-state index contributed by atoms with van der Waals surface area (Å²) in [6, 6.07) is 19.1. The van der Waals surface area contributed by atoms with Crippen LogP contribution in [0.25, 0.3) is 5.69 Å². The van der Waals surface area contributed by atoms with Crippen LogP contribution in [0.4, 0.5) is 11.4 Å². The minimum atomic E-state index is -0.474. The van der Waals surface area contributed by atoms with Crippen LogP contribution in [0.3, 0.4) is 0 Å². The number of carbonyl (C=O) groups excluding carboxylic acids is 1. The first-order valence-electron chi connectivity index (χ1n) is 11.7. The zero-order chi connectivity index (χ0) is 26.5. The van der Waals surface area contributed by atoms with Gasteiger partial charge >= 0.3 is 0 Å². The number of hydrogen-bond donors (Lipinski definition) is 2. The second-order valence-corrected chi connectivity index (χ2v) is 9.74. The molecule has 3 aromatic carbocycles. The van der Waals surface area contributed by atoms with Crippen molar-refractivity contribution < 1.29 is 9.53 Å². The van der Waals surface area contributed by atoms with Gasteiger partial charge in [-0.25, -0.2) is 0 Å². The lowest BCUT2D eigenvalue weighted by Crippen LogP contribution is -2.27. The van der Waals surface area contributed by atoms with Gasteiger partial charge in [0.1, 0.15) is 5.75 Å². The highest BCUT2D eigenvalue weighted by Crippen LogP contribution is 2.30. The molecule has 7 nitrogen and oxygen atoms in total. The zero-order valence-electron chi connectivity index (χ0n) is 20.6. The number of hydrogen-bond acceptors (Lipinski definition) is 5. The van der Waals surface area contributed by atoms with Crippen LogP contribution in [0.15, 0.2) is 77.7 Å². The number of nitrogens with zero attached hydrogens (tertiary/aromatic N) is 2. The maximum absolute atomic E-state index is 13.6. The second kappa shape index (κ2) is 11.5. The molecular formula is C28H26Cl2N4O3. The molecule has 0 aliphatic rings. The van der Waals surface area contributed by atoms with Gasteiger partial charge in [-0.1, -0.05) is 60.8 Å². The monoisotopic (exact) mass is 536 g/mol. The van der Waals surface area contributed by atoms with Gasteiger partial charge in [-0.2, -0.15) is 9.78 Å². The topological polar surface area (TPSA) is 85.2 Å². The number of aromatic nitrogens is 2. The number of carbonyl (C=O) groups is 1. The van der Waals surface area contributed by atoms with Gasteiger partial charge in [0, 0.05) is 17.8 Å². The summed E-state index contributed by atoms with van der Waals surface area (Å²) in [6.45, 7) is 6.58. The molecule has 0 aliphatic heterocycles. The van der Waals surface area contributed by atoms with E-state index in [1.165, 1.54) is 10.9 Å². The van der Waals surface area contributed by atoms with E-state index < -0.39 is 5.56 Å². The summed E-state index contributed by atoms with van der Waals surface area (Å²) in [7, 11) is 0. The van der Waals surface area contributed by atoms with Gasteiger partial charge in [0.2, 0.25) is 0 Å². The lowest BCUT2D eigenvalue weighted by atomic mass is 10.1. The van der Waals surface area contributed by atoms with Gasteiger partial charge in [-0.3, -0.25) is 9.59 Å². The number of nitrogens with one attached hydrogen (secondary N) is 2. The van der Waals surface area contributed by atoms with Crippen LogP contribution < -0.4 is 20.9 Å². The molecule has 0 spiro atoms. The first kappa shape index (κ1) is 26.3. The molecule has 37 heavy (non-hydrogen) atoms. The molecule has 2 N–H and O–H groups in total. The van der Waals surface area contributed by atoms with Crippen molar-refractivity contribution >= 4 is 40.5 Å². The van der Waals surface area contributed by atoms with Crippen molar-refractivity contribution in [2.24, 2.45) is 5.92 Å². The summed E-state index contributed by atoms with van der Waals surface area (Å²) in [5, 5.41) is 11.0. The van der Waals surface area contributed by atoms with E-state index in [9.17, 15) is 9.59 Å². The predicted octanol–water partition coefficient (Wildman–Crippen LogP) is 6.77. The molecule has 0 fully saturated rings. The van der Waals surface area contributed by atoms with Gasteiger partial charge < -0.3 is 15.4 Å². The van der Waals surface area contributed by atoms with Crippen molar-refractivity contribution in [2.75, 3.05) is 11.9 Å². The number of aryl methyl sites for hydroxylation is 1. The summed E-state index contributed by atoms with van der Waals surface area (Å²) in [5.74, 6) is 0.892. The number of anilines is 2. The average Bonchev–Trinajstić information content (AvgIpc) is 2.88. The van der Waals surface area contributed by atoms with Crippen LogP contribution in [0.2, 0.25) is 10.0 Å². The van der Waals surface area contributed by atoms with E-state index in [0.29, 0.717) is 45.2 Å². The van der Waals surface area contributed by atoms with E-state index in [1.807, 2.05) is 45.0 Å². The first-order chi connectivity index (χ1) is 17.7. The molecule has 190 valence electrons. The molecule has 0 saturated heterocycles. The Morgan fingerprint density at radius 1 is 1.03 bits per heavy atom. The number of rotatable bonds is 8. The Labute approximate surface area is 225 Å². The smallest absolute Gasteiger partial charge is 0.299 e. The molecule has 0 unspecified atom stereocenters. The second-order valence-electron chi connectivity index (χ2n) is 8.92. The molecule has 9 heteroatoms. The molecule has 0 saturated carbocycles. The normalized spacial score (nSPS) is 10.9. The molecule has 0 aliphatic carbocycles. The van der Waals surface area contributed by atoms with Crippen molar-refractivity contribution in [3.8, 4) is 17.2 Å². The van der Waals surface area contributed by atoms with Gasteiger partial charge in [0.25, 0.3) is 11.5 Å². The van der Waals surface area contributed by atoms with Crippen molar-refractivity contribution in [3.63, 3.8) is 0 Å². The predicted molar refractivity (Wildman–Crippen MR) is 148 cm³/mol. The van der Waals surface area contributed by atoms with Crippen LogP contribution >= 0.6 is 23.2 Å². The summed E-state index contributed by atoms with van der Waals surface area (Å²) in [6.07, 6.45) is 1.45. The maximum Gasteiger partial charge on any atom is 0.299 e. The summed E-state index contributed by atoms with van der Waals surface area (Å²) >= 11 is 12.2. The SMILES string of the molecule is Cc1ccc(Oc2cnn(-c3ccc(Cl)c(Cl)c3)c(=O)c2Nc2cccc(C(=O)NCC(C)C)c2)cc1. The third kappa shape index (κ3) is 6.50. The van der Waals surface area contributed by atoms with E-state index in [0.717, 1.165) is 5.56 Å². The zero-order valence-corrected chi connectivity index (χ0v) is 22.1. The molecule has 0 atom stereocenters. The Morgan fingerprint density at radius 3 is 2.49 bits per heavy atom. The van der Waals surface area contributed by atoms with E-state index in [2.05, 4.69) is 15.7 Å². The number of benzene rings is 3. The summed E-state index contributed by atoms with van der Waals surface area (Å²) in [4.78, 5) is 26.2. The molecule has 1 heterocycles. The fourth-order valence-electron chi connectivity index (χ4n) is 3.45. The standard InChI is InChI=1S/C28H26Cl2N4O3/c1-17(2)15-31-27(35)19-5-4-6-20(13-19)33-26-25(37-22-10-7-18(3)8-11-22)16-32-34(28(26)36)21-9-12-23(29)24(30)14-21/h4-14,16-17,33H,15H2,1-3H3,(H,31,35). The molecule has 1 aromatic heterocycles. The van der Waals surface area contributed by atoms with Crippen molar-refractivity contribution in [1.82, 2.24) is 15.1 Å². The lowest BCUT2D eigenvalue weighted by molar-refractivity contribution is 0.0949. The molecule has 1 amide bonds. The van der Waals surface area contributed by atoms with E-state index >= 15 is 0 Å². The van der Waals surface area contributed by atoms with Crippen LogP contribution in [0, 0.1) is 12.8 Å². The fourth-order valence-corrected chi connectivity index (χ4v) is 3.74. The largest absolute Gasteiger partial charge is 0.453 e. The highest BCUT2D eigenvalue weighted by Gasteiger charge is 2.17. The fraction of sp³-hybridized carbons (Fsp3) is 0.179. The number of amides is 1. The van der Waals surface area contributed by atoms with Crippen LogP contribution in [0.5, 0.6) is 11.5 Å². The highest BCUT2D eigenvalue weighted by atomic mass is 35.5. The Morgan fingerprint density at radius 2 is 1.78 bits per heavy atom. The highest BCUT2D eigenvalue weighted by molar-refractivity contribution is 6.42. The van der Waals surface area contributed by atoms with Crippen LogP contribution in [-0.4, -0.2) is 22.2 Å². The van der Waals surface area contributed by atoms with E-state index in [1.54, 1.807) is 42.5 Å². The van der Waals surface area contributed by atoms with Gasteiger partial charge in [-0.15, -0.1) is 0 Å². The third-order valence-electron chi connectivity index (χ3n) is 5.40. The van der Waals surface area contributed by atoms with Crippen molar-refractivity contribution in [2.45, 2.75) is 20.8 Å². The van der Waals surface area contributed by atoms with Crippen LogP contribution in [-0.2, 0) is 0 Å². The van der Waals surface area contributed by atoms with E-state index in [4.69, 9.17) is 27.9 Å². The molecule has 0 radical (unpaired) electrons. The Balaban J connectivity index is 1.74. The maximum atomic E-state index is 13.6. The Hall–Kier alpha value is -3.81. The van der Waals surface area contributed by atoms with Crippen molar-refractivity contribution in [3.05, 3.63) is 104 Å². The van der Waals surface area contributed by atoms with Gasteiger partial charge in [-0.05, 0) is 61.4 Å². The number of ether oxygens (including phenoxy) is 1. The minimum absolute atomic E-state index is 0.140. The summed E-state index contributed by atoms with van der Waals surface area (Å²) < 4.78 is 7.23. The first-order valence-corrected chi connectivity index (χ1v) is 12.4. The van der Waals surface area contributed by atoms with Crippen molar-refractivity contribution in [1.29, 1.82) is 0 Å². The van der Waals surface area contributed by atoms with Gasteiger partial charge in [0.15, 0.2) is 11.4 Å². The summed E-state index contributed by atoms with van der Waals surface area (Å²) in [5.41, 5.74) is 2.18. The van der Waals surface area contributed by atoms with Gasteiger partial charge in [0.05, 0.1) is 21.9 Å². The number of halogens is 2. The minimum Gasteiger partial charge on any atom is -0.453 e. The third-order valence-corrected chi connectivity index (χ3v) is 6.14.